The van der Waals surface area contributed by atoms with Gasteiger partial charge >= 0.3 is 0 Å². The van der Waals surface area contributed by atoms with Crippen LogP contribution < -0.4 is 4.74 Å². The molecule has 3 heterocycles. The highest BCUT2D eigenvalue weighted by atomic mass is 16.5. The summed E-state index contributed by atoms with van der Waals surface area (Å²) in [4.78, 5) is 40.5. The second-order valence-corrected chi connectivity index (χ2v) is 8.77. The zero-order chi connectivity index (χ0) is 25.1. The minimum absolute atomic E-state index is 0.000141. The number of amides is 1. The molecule has 0 saturated carbocycles. The van der Waals surface area contributed by atoms with Crippen LogP contribution in [-0.2, 0) is 16.6 Å². The summed E-state index contributed by atoms with van der Waals surface area (Å²) < 4.78 is 12.9. The second-order valence-electron chi connectivity index (χ2n) is 8.77. The van der Waals surface area contributed by atoms with Crippen LogP contribution in [0.15, 0.2) is 60.9 Å². The van der Waals surface area contributed by atoms with Gasteiger partial charge in [-0.2, -0.15) is 0 Å². The van der Waals surface area contributed by atoms with Crippen molar-refractivity contribution in [1.82, 2.24) is 24.4 Å². The van der Waals surface area contributed by atoms with Gasteiger partial charge in [-0.3, -0.25) is 14.6 Å². The van der Waals surface area contributed by atoms with Gasteiger partial charge in [-0.15, -0.1) is 0 Å². The lowest BCUT2D eigenvalue weighted by Gasteiger charge is -2.31. The van der Waals surface area contributed by atoms with E-state index in [0.717, 1.165) is 29.6 Å². The Labute approximate surface area is 208 Å². The topological polar surface area (TPSA) is 99.4 Å². The SMILES string of the molecule is COCC(=O)N1CCC(c2nccnc2Oc2ccc(C(=O)c3nc4ccccc4n3C)cc2)CC1. The molecule has 5 rings (SSSR count). The third-order valence-electron chi connectivity index (χ3n) is 6.51. The number of benzene rings is 2. The molecule has 0 bridgehead atoms. The van der Waals surface area contributed by atoms with Crippen molar-refractivity contribution in [2.24, 2.45) is 7.05 Å². The van der Waals surface area contributed by atoms with Crippen molar-refractivity contribution in [3.63, 3.8) is 0 Å². The van der Waals surface area contributed by atoms with Crippen molar-refractivity contribution < 1.29 is 19.1 Å². The van der Waals surface area contributed by atoms with Crippen LogP contribution in [0.5, 0.6) is 11.6 Å². The van der Waals surface area contributed by atoms with Gasteiger partial charge < -0.3 is 18.9 Å². The molecular formula is C27H27N5O4. The first-order chi connectivity index (χ1) is 17.5. The molecule has 9 heteroatoms. The van der Waals surface area contributed by atoms with Crippen LogP contribution in [0.2, 0.25) is 0 Å². The molecule has 2 aromatic heterocycles. The van der Waals surface area contributed by atoms with E-state index >= 15 is 0 Å². The Kier molecular flexibility index (Phi) is 6.73. The molecule has 1 fully saturated rings. The number of hydrogen-bond donors (Lipinski definition) is 0. The van der Waals surface area contributed by atoms with Gasteiger partial charge in [-0.05, 0) is 49.2 Å². The van der Waals surface area contributed by atoms with Crippen LogP contribution in [0.4, 0.5) is 0 Å². The Morgan fingerprint density at radius 2 is 1.72 bits per heavy atom. The minimum Gasteiger partial charge on any atom is -0.437 e. The molecule has 4 aromatic rings. The van der Waals surface area contributed by atoms with Gasteiger partial charge in [0.2, 0.25) is 17.6 Å². The van der Waals surface area contributed by atoms with Crippen molar-refractivity contribution in [3.05, 3.63) is 78.0 Å². The molecule has 2 aromatic carbocycles. The monoisotopic (exact) mass is 485 g/mol. The molecule has 1 saturated heterocycles. The standard InChI is InChI=1S/C27H27N5O4/c1-31-22-6-4-3-5-21(22)30-26(31)25(34)19-7-9-20(10-8-19)36-27-24(28-13-14-29-27)18-11-15-32(16-12-18)23(33)17-35-2/h3-10,13-14,18H,11-12,15-17H2,1-2H3. The highest BCUT2D eigenvalue weighted by molar-refractivity contribution is 6.08. The molecule has 9 nitrogen and oxygen atoms in total. The van der Waals surface area contributed by atoms with E-state index in [0.29, 0.717) is 36.1 Å². The normalized spacial score (nSPS) is 14.2. The maximum Gasteiger partial charge on any atom is 0.248 e. The number of piperidine rings is 1. The average Bonchev–Trinajstić information content (AvgIpc) is 3.26. The number of likely N-dealkylation sites (tertiary alicyclic amines) is 1. The fourth-order valence-corrected chi connectivity index (χ4v) is 4.58. The number of ether oxygens (including phenoxy) is 2. The Hall–Kier alpha value is -4.11. The highest BCUT2D eigenvalue weighted by Crippen LogP contribution is 2.33. The van der Waals surface area contributed by atoms with E-state index in [1.165, 1.54) is 7.11 Å². The molecule has 0 spiro atoms. The number of hydrogen-bond acceptors (Lipinski definition) is 7. The van der Waals surface area contributed by atoms with E-state index in [-0.39, 0.29) is 24.2 Å². The predicted molar refractivity (Wildman–Crippen MR) is 133 cm³/mol. The van der Waals surface area contributed by atoms with Crippen LogP contribution in [0.25, 0.3) is 11.0 Å². The molecule has 184 valence electrons. The molecule has 36 heavy (non-hydrogen) atoms. The van der Waals surface area contributed by atoms with Crippen molar-refractivity contribution >= 4 is 22.7 Å². The van der Waals surface area contributed by atoms with E-state index in [1.54, 1.807) is 36.7 Å². The average molecular weight is 486 g/mol. The van der Waals surface area contributed by atoms with Crippen LogP contribution in [0.1, 0.15) is 40.6 Å². The number of carbonyl (C=O) groups is 2. The van der Waals surface area contributed by atoms with Gasteiger partial charge in [0.25, 0.3) is 0 Å². The summed E-state index contributed by atoms with van der Waals surface area (Å²) in [5, 5.41) is 0. The van der Waals surface area contributed by atoms with Crippen LogP contribution in [-0.4, -0.2) is 62.9 Å². The number of aromatic nitrogens is 4. The molecule has 0 unspecified atom stereocenters. The number of rotatable bonds is 7. The fraction of sp³-hybridized carbons (Fsp3) is 0.296. The smallest absolute Gasteiger partial charge is 0.248 e. The van der Waals surface area contributed by atoms with Crippen LogP contribution in [0.3, 0.4) is 0 Å². The van der Waals surface area contributed by atoms with Crippen molar-refractivity contribution in [3.8, 4) is 11.6 Å². The Balaban J connectivity index is 1.29. The number of carbonyl (C=O) groups excluding carboxylic acids is 2. The van der Waals surface area contributed by atoms with Gasteiger partial charge in [-0.25, -0.2) is 9.97 Å². The lowest BCUT2D eigenvalue weighted by molar-refractivity contribution is -0.136. The molecule has 1 amide bonds. The van der Waals surface area contributed by atoms with Crippen LogP contribution >= 0.6 is 0 Å². The summed E-state index contributed by atoms with van der Waals surface area (Å²) in [6.45, 7) is 1.38. The summed E-state index contributed by atoms with van der Waals surface area (Å²) in [5.74, 6) is 1.37. The summed E-state index contributed by atoms with van der Waals surface area (Å²) in [5.41, 5.74) is 2.99. The molecule has 1 aliphatic rings. The highest BCUT2D eigenvalue weighted by Gasteiger charge is 2.27. The lowest BCUT2D eigenvalue weighted by atomic mass is 9.93. The summed E-state index contributed by atoms with van der Waals surface area (Å²) in [7, 11) is 3.37. The van der Waals surface area contributed by atoms with Gasteiger partial charge in [0.1, 0.15) is 18.1 Å². The largest absolute Gasteiger partial charge is 0.437 e. The van der Waals surface area contributed by atoms with Crippen LogP contribution in [0, 0.1) is 0 Å². The fourth-order valence-electron chi connectivity index (χ4n) is 4.58. The van der Waals surface area contributed by atoms with E-state index in [1.807, 2.05) is 40.8 Å². The Bertz CT molecular complexity index is 1390. The Morgan fingerprint density at radius 1 is 1.00 bits per heavy atom. The third-order valence-corrected chi connectivity index (χ3v) is 6.51. The van der Waals surface area contributed by atoms with Gasteiger partial charge in [-0.1, -0.05) is 12.1 Å². The molecular weight excluding hydrogens is 458 g/mol. The van der Waals surface area contributed by atoms with E-state index in [9.17, 15) is 9.59 Å². The van der Waals surface area contributed by atoms with Gasteiger partial charge in [0.05, 0.1) is 11.0 Å². The second kappa shape index (κ2) is 10.2. The van der Waals surface area contributed by atoms with E-state index in [4.69, 9.17) is 9.47 Å². The molecule has 1 aliphatic heterocycles. The summed E-state index contributed by atoms with van der Waals surface area (Å²) in [6.07, 6.45) is 4.80. The van der Waals surface area contributed by atoms with E-state index in [2.05, 4.69) is 15.0 Å². The first-order valence-corrected chi connectivity index (χ1v) is 11.9. The van der Waals surface area contributed by atoms with Crippen molar-refractivity contribution in [2.45, 2.75) is 18.8 Å². The summed E-state index contributed by atoms with van der Waals surface area (Å²) in [6, 6.07) is 14.6. The van der Waals surface area contributed by atoms with Gasteiger partial charge in [0.15, 0.2) is 5.82 Å². The number of aryl methyl sites for hydroxylation is 1. The summed E-state index contributed by atoms with van der Waals surface area (Å²) >= 11 is 0. The zero-order valence-corrected chi connectivity index (χ0v) is 20.3. The maximum absolute atomic E-state index is 13.1. The molecule has 0 aliphatic carbocycles. The third kappa shape index (κ3) is 4.70. The first kappa shape index (κ1) is 23.6. The molecule has 0 N–H and O–H groups in total. The molecule has 0 atom stereocenters. The van der Waals surface area contributed by atoms with Gasteiger partial charge in [0, 0.05) is 51.1 Å². The van der Waals surface area contributed by atoms with Crippen molar-refractivity contribution in [1.29, 1.82) is 0 Å². The van der Waals surface area contributed by atoms with E-state index < -0.39 is 0 Å². The number of methoxy groups -OCH3 is 1. The number of ketones is 1. The quantitative estimate of drug-likeness (QED) is 0.368. The number of nitrogens with zero attached hydrogens (tertiary/aromatic N) is 5. The first-order valence-electron chi connectivity index (χ1n) is 11.9. The maximum atomic E-state index is 13.1. The minimum atomic E-state index is -0.157. The number of fused-ring (bicyclic) bond motifs is 1. The Morgan fingerprint density at radius 3 is 2.44 bits per heavy atom. The zero-order valence-electron chi connectivity index (χ0n) is 20.3. The number of imidazole rings is 1. The number of para-hydroxylation sites is 2. The van der Waals surface area contributed by atoms with Crippen molar-refractivity contribution in [2.75, 3.05) is 26.8 Å². The predicted octanol–water partition coefficient (Wildman–Crippen LogP) is 3.74. The lowest BCUT2D eigenvalue weighted by Crippen LogP contribution is -2.39. The molecule has 0 radical (unpaired) electrons.